The molecule has 0 saturated carbocycles. The summed E-state index contributed by atoms with van der Waals surface area (Å²) in [7, 11) is -2.98. The first kappa shape index (κ1) is 16.8. The number of hydrogen-bond acceptors (Lipinski definition) is 5. The van der Waals surface area contributed by atoms with Crippen LogP contribution >= 0.6 is 7.60 Å². The maximum Gasteiger partial charge on any atom is 0.331 e. The van der Waals surface area contributed by atoms with Gasteiger partial charge in [-0.15, -0.1) is 6.58 Å². The Balaban J connectivity index is 4.24. The normalized spacial score (nSPS) is 12.0. The van der Waals surface area contributed by atoms with Gasteiger partial charge in [0, 0.05) is 19.6 Å². The Morgan fingerprint density at radius 1 is 1.29 bits per heavy atom. The Hall–Kier alpha value is -0.190. The standard InChI is InChI=1S/C11H24NO4P/c1-4-7-12(8-10-13)9-11-17(14,15-5-2)16-6-3/h4,13H,1,5-11H2,2-3H3. The van der Waals surface area contributed by atoms with Crippen molar-refractivity contribution in [2.75, 3.05) is 45.6 Å². The highest BCUT2D eigenvalue weighted by molar-refractivity contribution is 7.53. The van der Waals surface area contributed by atoms with Crippen molar-refractivity contribution in [3.8, 4) is 0 Å². The molecular formula is C11H24NO4P. The van der Waals surface area contributed by atoms with Gasteiger partial charge < -0.3 is 14.2 Å². The summed E-state index contributed by atoms with van der Waals surface area (Å²) in [5, 5.41) is 8.89. The third-order valence-corrected chi connectivity index (χ3v) is 4.20. The number of rotatable bonds is 11. The highest BCUT2D eigenvalue weighted by Crippen LogP contribution is 2.47. The molecule has 1 N–H and O–H groups in total. The Morgan fingerprint density at radius 2 is 1.88 bits per heavy atom. The van der Waals surface area contributed by atoms with Crippen molar-refractivity contribution in [2.45, 2.75) is 13.8 Å². The van der Waals surface area contributed by atoms with Gasteiger partial charge in [-0.3, -0.25) is 9.46 Å². The van der Waals surface area contributed by atoms with Gasteiger partial charge in [-0.25, -0.2) is 0 Å². The third kappa shape index (κ3) is 7.68. The Labute approximate surface area is 104 Å². The van der Waals surface area contributed by atoms with Gasteiger partial charge in [0.2, 0.25) is 0 Å². The smallest absolute Gasteiger partial charge is 0.331 e. The molecule has 0 aromatic heterocycles. The van der Waals surface area contributed by atoms with Crippen LogP contribution in [0.5, 0.6) is 0 Å². The van der Waals surface area contributed by atoms with E-state index in [1.165, 1.54) is 0 Å². The lowest BCUT2D eigenvalue weighted by atomic mass is 10.4. The average molecular weight is 265 g/mol. The van der Waals surface area contributed by atoms with E-state index in [9.17, 15) is 4.57 Å². The lowest BCUT2D eigenvalue weighted by molar-refractivity contribution is 0.198. The van der Waals surface area contributed by atoms with Crippen molar-refractivity contribution >= 4 is 7.60 Å². The summed E-state index contributed by atoms with van der Waals surface area (Å²) in [6, 6.07) is 0. The maximum atomic E-state index is 12.2. The van der Waals surface area contributed by atoms with Crippen molar-refractivity contribution in [2.24, 2.45) is 0 Å². The number of hydrogen-bond donors (Lipinski definition) is 1. The van der Waals surface area contributed by atoms with Crippen molar-refractivity contribution in [3.05, 3.63) is 12.7 Å². The number of aliphatic hydroxyl groups is 1. The monoisotopic (exact) mass is 265 g/mol. The molecule has 0 spiro atoms. The van der Waals surface area contributed by atoms with Gasteiger partial charge in [0.15, 0.2) is 0 Å². The van der Waals surface area contributed by atoms with Crippen LogP contribution < -0.4 is 0 Å². The van der Waals surface area contributed by atoms with E-state index in [2.05, 4.69) is 6.58 Å². The van der Waals surface area contributed by atoms with E-state index in [4.69, 9.17) is 14.2 Å². The molecule has 0 radical (unpaired) electrons. The highest BCUT2D eigenvalue weighted by Gasteiger charge is 2.23. The molecule has 0 aromatic carbocycles. The molecule has 6 heteroatoms. The minimum absolute atomic E-state index is 0.0708. The molecule has 0 aliphatic heterocycles. The maximum absolute atomic E-state index is 12.2. The number of nitrogens with zero attached hydrogens (tertiary/aromatic N) is 1. The van der Waals surface area contributed by atoms with Crippen LogP contribution in [0.1, 0.15) is 13.8 Å². The summed E-state index contributed by atoms with van der Waals surface area (Å²) < 4.78 is 22.6. The topological polar surface area (TPSA) is 59.0 Å². The van der Waals surface area contributed by atoms with E-state index in [0.717, 1.165) is 0 Å². The lowest BCUT2D eigenvalue weighted by Gasteiger charge is -2.23. The Kier molecular flexibility index (Phi) is 9.69. The fourth-order valence-electron chi connectivity index (χ4n) is 1.44. The second kappa shape index (κ2) is 9.80. The zero-order valence-corrected chi connectivity index (χ0v) is 11.7. The predicted molar refractivity (Wildman–Crippen MR) is 69.4 cm³/mol. The molecule has 102 valence electrons. The van der Waals surface area contributed by atoms with Crippen molar-refractivity contribution in [1.82, 2.24) is 4.90 Å². The largest absolute Gasteiger partial charge is 0.395 e. The fraction of sp³-hybridized carbons (Fsp3) is 0.818. The van der Waals surface area contributed by atoms with Crippen LogP contribution in [0, 0.1) is 0 Å². The lowest BCUT2D eigenvalue weighted by Crippen LogP contribution is -2.30. The SMILES string of the molecule is C=CCN(CCO)CCP(=O)(OCC)OCC. The molecule has 0 aliphatic carbocycles. The molecule has 5 nitrogen and oxygen atoms in total. The molecule has 0 aliphatic rings. The first-order valence-corrected chi connectivity index (χ1v) is 7.66. The fourth-order valence-corrected chi connectivity index (χ4v) is 3.09. The van der Waals surface area contributed by atoms with Crippen molar-refractivity contribution < 1.29 is 18.7 Å². The second-order valence-corrected chi connectivity index (χ2v) is 5.67. The van der Waals surface area contributed by atoms with Gasteiger partial charge in [-0.1, -0.05) is 6.08 Å². The zero-order valence-electron chi connectivity index (χ0n) is 10.8. The van der Waals surface area contributed by atoms with Crippen molar-refractivity contribution in [3.63, 3.8) is 0 Å². The molecule has 0 atom stereocenters. The molecule has 0 heterocycles. The van der Waals surface area contributed by atoms with Crippen molar-refractivity contribution in [1.29, 1.82) is 0 Å². The van der Waals surface area contributed by atoms with Crippen LogP contribution in [-0.4, -0.2) is 55.6 Å². The van der Waals surface area contributed by atoms with Gasteiger partial charge in [0.25, 0.3) is 0 Å². The highest BCUT2D eigenvalue weighted by atomic mass is 31.2. The summed E-state index contributed by atoms with van der Waals surface area (Å²) in [6.45, 7) is 9.79. The minimum atomic E-state index is -2.98. The molecule has 0 bridgehead atoms. The third-order valence-electron chi connectivity index (χ3n) is 2.15. The first-order valence-electron chi connectivity index (χ1n) is 5.94. The molecule has 17 heavy (non-hydrogen) atoms. The van der Waals surface area contributed by atoms with E-state index >= 15 is 0 Å². The summed E-state index contributed by atoms with van der Waals surface area (Å²) in [5.74, 6) is 0. The van der Waals surface area contributed by atoms with Crippen LogP contribution in [0.15, 0.2) is 12.7 Å². The first-order chi connectivity index (χ1) is 8.11. The zero-order chi connectivity index (χ0) is 13.1. The Bertz CT molecular complexity index is 238. The van der Waals surface area contributed by atoms with Gasteiger partial charge in [0.05, 0.1) is 26.0 Å². The molecule has 0 unspecified atom stereocenters. The van der Waals surface area contributed by atoms with E-state index in [1.807, 2.05) is 4.90 Å². The van der Waals surface area contributed by atoms with Crippen LogP contribution in [0.3, 0.4) is 0 Å². The van der Waals surface area contributed by atoms with Gasteiger partial charge in [-0.05, 0) is 13.8 Å². The Morgan fingerprint density at radius 3 is 2.29 bits per heavy atom. The van der Waals surface area contributed by atoms with Crippen LogP contribution in [-0.2, 0) is 13.6 Å². The average Bonchev–Trinajstić information content (AvgIpc) is 2.27. The molecule has 0 saturated heterocycles. The predicted octanol–water partition coefficient (Wildman–Crippen LogP) is 1.73. The quantitative estimate of drug-likeness (QED) is 0.455. The minimum Gasteiger partial charge on any atom is -0.395 e. The van der Waals surface area contributed by atoms with E-state index < -0.39 is 7.60 Å². The second-order valence-electron chi connectivity index (χ2n) is 3.48. The van der Waals surface area contributed by atoms with Gasteiger partial charge in [-0.2, -0.15) is 0 Å². The molecule has 0 aromatic rings. The van der Waals surface area contributed by atoms with Crippen LogP contribution in [0.2, 0.25) is 0 Å². The summed E-state index contributed by atoms with van der Waals surface area (Å²) in [4.78, 5) is 1.96. The van der Waals surface area contributed by atoms with Gasteiger partial charge in [0.1, 0.15) is 0 Å². The molecule has 0 rings (SSSR count). The van der Waals surface area contributed by atoms with Crippen LogP contribution in [0.4, 0.5) is 0 Å². The molecule has 0 fully saturated rings. The molecular weight excluding hydrogens is 241 g/mol. The summed E-state index contributed by atoms with van der Waals surface area (Å²) in [5.41, 5.74) is 0. The van der Waals surface area contributed by atoms with Gasteiger partial charge >= 0.3 is 7.60 Å². The molecule has 0 amide bonds. The van der Waals surface area contributed by atoms with Crippen LogP contribution in [0.25, 0.3) is 0 Å². The van der Waals surface area contributed by atoms with E-state index in [-0.39, 0.29) is 6.61 Å². The van der Waals surface area contributed by atoms with E-state index in [0.29, 0.717) is 39.0 Å². The summed E-state index contributed by atoms with van der Waals surface area (Å²) in [6.07, 6.45) is 2.09. The summed E-state index contributed by atoms with van der Waals surface area (Å²) >= 11 is 0. The number of aliphatic hydroxyl groups excluding tert-OH is 1. The van der Waals surface area contributed by atoms with E-state index in [1.54, 1.807) is 19.9 Å².